The monoisotopic (exact) mass is 585 g/mol. The summed E-state index contributed by atoms with van der Waals surface area (Å²) in [5, 5.41) is 2.81. The third-order valence-electron chi connectivity index (χ3n) is 5.91. The molecule has 194 valence electrons. The first-order valence-electron chi connectivity index (χ1n) is 11.9. The van der Waals surface area contributed by atoms with Crippen LogP contribution in [0.4, 0.5) is 11.4 Å². The summed E-state index contributed by atoms with van der Waals surface area (Å²) in [6.07, 6.45) is 1.36. The van der Waals surface area contributed by atoms with Gasteiger partial charge in [0.2, 0.25) is 11.8 Å². The SMILES string of the molecule is CCOc1ccc(N(CC(=O)NCc2cccc(N3CCCC3=O)c2)S(=O)(=O)c2ccc(Br)cc2)cc1. The minimum absolute atomic E-state index is 0.0698. The van der Waals surface area contributed by atoms with Gasteiger partial charge in [0.05, 0.1) is 17.2 Å². The fourth-order valence-corrected chi connectivity index (χ4v) is 5.75. The summed E-state index contributed by atoms with van der Waals surface area (Å²) in [5.74, 6) is 0.232. The summed E-state index contributed by atoms with van der Waals surface area (Å²) in [7, 11) is -4.03. The van der Waals surface area contributed by atoms with E-state index in [9.17, 15) is 18.0 Å². The zero-order chi connectivity index (χ0) is 26.4. The van der Waals surface area contributed by atoms with Crippen LogP contribution in [0.1, 0.15) is 25.3 Å². The molecule has 0 unspecified atom stereocenters. The number of ether oxygens (including phenoxy) is 1. The number of hydrogen-bond acceptors (Lipinski definition) is 5. The molecule has 1 heterocycles. The standard InChI is InChI=1S/C27H28BrN3O5S/c1-2-36-24-12-10-22(11-13-24)31(37(34,35)25-14-8-21(28)9-15-25)19-26(32)29-18-20-5-3-6-23(17-20)30-16-4-7-27(30)33/h3,5-6,8-15,17H,2,4,7,16,18-19H2,1H3,(H,29,32). The van der Waals surface area contributed by atoms with Crippen LogP contribution in [0, 0.1) is 0 Å². The van der Waals surface area contributed by atoms with Gasteiger partial charge in [0.15, 0.2) is 0 Å². The Labute approximate surface area is 225 Å². The molecule has 3 aromatic carbocycles. The van der Waals surface area contributed by atoms with E-state index < -0.39 is 22.5 Å². The average molecular weight is 587 g/mol. The van der Waals surface area contributed by atoms with E-state index in [-0.39, 0.29) is 17.3 Å². The number of rotatable bonds is 10. The van der Waals surface area contributed by atoms with Gasteiger partial charge >= 0.3 is 0 Å². The third kappa shape index (κ3) is 6.50. The van der Waals surface area contributed by atoms with Gasteiger partial charge < -0.3 is 15.0 Å². The maximum atomic E-state index is 13.5. The Bertz CT molecular complexity index is 1360. The van der Waals surface area contributed by atoms with Gasteiger partial charge in [-0.25, -0.2) is 8.42 Å². The quantitative estimate of drug-likeness (QED) is 0.378. The smallest absolute Gasteiger partial charge is 0.264 e. The average Bonchev–Trinajstić information content (AvgIpc) is 3.33. The van der Waals surface area contributed by atoms with Crippen molar-refractivity contribution in [3.05, 3.63) is 82.8 Å². The first-order chi connectivity index (χ1) is 17.8. The van der Waals surface area contributed by atoms with Gasteiger partial charge in [-0.05, 0) is 79.6 Å². The molecule has 0 aliphatic carbocycles. The predicted molar refractivity (Wildman–Crippen MR) is 146 cm³/mol. The van der Waals surface area contributed by atoms with E-state index in [1.807, 2.05) is 31.2 Å². The summed E-state index contributed by atoms with van der Waals surface area (Å²) in [6.45, 7) is 2.82. The van der Waals surface area contributed by atoms with E-state index >= 15 is 0 Å². The lowest BCUT2D eigenvalue weighted by Crippen LogP contribution is -2.40. The minimum Gasteiger partial charge on any atom is -0.494 e. The predicted octanol–water partition coefficient (Wildman–Crippen LogP) is 4.49. The zero-order valence-corrected chi connectivity index (χ0v) is 22.8. The van der Waals surface area contributed by atoms with Crippen LogP contribution < -0.4 is 19.3 Å². The van der Waals surface area contributed by atoms with Gasteiger partial charge in [-0.2, -0.15) is 0 Å². The van der Waals surface area contributed by atoms with Crippen LogP contribution in [0.15, 0.2) is 82.2 Å². The van der Waals surface area contributed by atoms with Gasteiger partial charge in [0, 0.05) is 29.7 Å². The van der Waals surface area contributed by atoms with Gasteiger partial charge in [0.25, 0.3) is 10.0 Å². The topological polar surface area (TPSA) is 96.0 Å². The number of carbonyl (C=O) groups is 2. The van der Waals surface area contributed by atoms with Crippen molar-refractivity contribution in [2.45, 2.75) is 31.2 Å². The van der Waals surface area contributed by atoms with Gasteiger partial charge in [-0.1, -0.05) is 28.1 Å². The van der Waals surface area contributed by atoms with Crippen LogP contribution in [-0.2, 0) is 26.2 Å². The fraction of sp³-hybridized carbons (Fsp3) is 0.259. The van der Waals surface area contributed by atoms with E-state index in [1.165, 1.54) is 12.1 Å². The van der Waals surface area contributed by atoms with Gasteiger partial charge in [0.1, 0.15) is 12.3 Å². The highest BCUT2D eigenvalue weighted by molar-refractivity contribution is 9.10. The van der Waals surface area contributed by atoms with Crippen molar-refractivity contribution in [1.82, 2.24) is 5.32 Å². The Morgan fingerprint density at radius 3 is 2.46 bits per heavy atom. The molecular weight excluding hydrogens is 558 g/mol. The number of anilines is 2. The molecule has 4 rings (SSSR count). The molecule has 0 spiro atoms. The maximum absolute atomic E-state index is 13.5. The van der Waals surface area contributed by atoms with Crippen molar-refractivity contribution in [2.24, 2.45) is 0 Å². The Balaban J connectivity index is 1.52. The Morgan fingerprint density at radius 2 is 1.81 bits per heavy atom. The summed E-state index contributed by atoms with van der Waals surface area (Å²) >= 11 is 3.32. The molecule has 0 atom stereocenters. The fourth-order valence-electron chi connectivity index (χ4n) is 4.07. The summed E-state index contributed by atoms with van der Waals surface area (Å²) in [5.41, 5.74) is 1.95. The van der Waals surface area contributed by atoms with Crippen molar-refractivity contribution in [1.29, 1.82) is 0 Å². The third-order valence-corrected chi connectivity index (χ3v) is 8.23. The molecule has 1 N–H and O–H groups in total. The van der Waals surface area contributed by atoms with Crippen LogP contribution in [0.3, 0.4) is 0 Å². The van der Waals surface area contributed by atoms with Crippen LogP contribution in [0.2, 0.25) is 0 Å². The van der Waals surface area contributed by atoms with E-state index in [1.54, 1.807) is 41.3 Å². The molecule has 37 heavy (non-hydrogen) atoms. The van der Waals surface area contributed by atoms with Crippen LogP contribution in [-0.4, -0.2) is 39.9 Å². The van der Waals surface area contributed by atoms with Gasteiger partial charge in [-0.15, -0.1) is 0 Å². The molecule has 1 saturated heterocycles. The van der Waals surface area contributed by atoms with Crippen molar-refractivity contribution in [2.75, 3.05) is 28.9 Å². The van der Waals surface area contributed by atoms with Crippen LogP contribution in [0.5, 0.6) is 5.75 Å². The molecule has 2 amide bonds. The molecular formula is C27H28BrN3O5S. The van der Waals surface area contributed by atoms with E-state index in [4.69, 9.17) is 4.74 Å². The van der Waals surface area contributed by atoms with E-state index in [2.05, 4.69) is 21.2 Å². The number of amides is 2. The highest BCUT2D eigenvalue weighted by Crippen LogP contribution is 2.27. The Hall–Kier alpha value is -3.37. The van der Waals surface area contributed by atoms with Crippen molar-refractivity contribution >= 4 is 49.1 Å². The molecule has 1 aliphatic rings. The second-order valence-electron chi connectivity index (χ2n) is 8.49. The number of sulfonamides is 1. The summed E-state index contributed by atoms with van der Waals surface area (Å²) in [6, 6.07) is 20.3. The number of nitrogens with zero attached hydrogens (tertiary/aromatic N) is 2. The highest BCUT2D eigenvalue weighted by Gasteiger charge is 2.27. The molecule has 1 fully saturated rings. The summed E-state index contributed by atoms with van der Waals surface area (Å²) in [4.78, 5) is 26.9. The van der Waals surface area contributed by atoms with Gasteiger partial charge in [-0.3, -0.25) is 13.9 Å². The molecule has 10 heteroatoms. The maximum Gasteiger partial charge on any atom is 0.264 e. The van der Waals surface area contributed by atoms with Crippen molar-refractivity contribution < 1.29 is 22.7 Å². The molecule has 0 aromatic heterocycles. The number of carbonyl (C=O) groups excluding carboxylic acids is 2. The number of halogens is 1. The molecule has 0 saturated carbocycles. The van der Waals surface area contributed by atoms with Crippen LogP contribution in [0.25, 0.3) is 0 Å². The lowest BCUT2D eigenvalue weighted by atomic mass is 10.2. The molecule has 3 aromatic rings. The second-order valence-corrected chi connectivity index (χ2v) is 11.3. The van der Waals surface area contributed by atoms with E-state index in [0.29, 0.717) is 31.0 Å². The second kappa shape index (κ2) is 11.8. The number of benzene rings is 3. The largest absolute Gasteiger partial charge is 0.494 e. The molecule has 0 bridgehead atoms. The van der Waals surface area contributed by atoms with Crippen molar-refractivity contribution in [3.63, 3.8) is 0 Å². The normalized spacial score (nSPS) is 13.5. The Morgan fingerprint density at radius 1 is 1.08 bits per heavy atom. The molecule has 1 aliphatic heterocycles. The number of nitrogens with one attached hydrogen (secondary N) is 1. The van der Waals surface area contributed by atoms with Crippen LogP contribution >= 0.6 is 15.9 Å². The zero-order valence-electron chi connectivity index (χ0n) is 20.4. The van der Waals surface area contributed by atoms with E-state index in [0.717, 1.165) is 26.4 Å². The number of hydrogen-bond donors (Lipinski definition) is 1. The Kier molecular flexibility index (Phi) is 8.50. The minimum atomic E-state index is -4.03. The van der Waals surface area contributed by atoms with Crippen molar-refractivity contribution in [3.8, 4) is 5.75 Å². The summed E-state index contributed by atoms with van der Waals surface area (Å²) < 4.78 is 34.4. The molecule has 0 radical (unpaired) electrons. The lowest BCUT2D eigenvalue weighted by Gasteiger charge is -2.24. The first-order valence-corrected chi connectivity index (χ1v) is 14.2. The lowest BCUT2D eigenvalue weighted by molar-refractivity contribution is -0.120. The molecule has 8 nitrogen and oxygen atoms in total. The highest BCUT2D eigenvalue weighted by atomic mass is 79.9. The first kappa shape index (κ1) is 26.7.